The van der Waals surface area contributed by atoms with Crippen molar-refractivity contribution < 1.29 is 8.42 Å². The Morgan fingerprint density at radius 2 is 2.22 bits per heavy atom. The Morgan fingerprint density at radius 3 is 2.72 bits per heavy atom. The third-order valence-electron chi connectivity index (χ3n) is 2.56. The summed E-state index contributed by atoms with van der Waals surface area (Å²) in [5, 5.41) is 0. The van der Waals surface area contributed by atoms with Crippen molar-refractivity contribution in [1.29, 1.82) is 0 Å². The molecule has 0 saturated carbocycles. The van der Waals surface area contributed by atoms with E-state index in [0.29, 0.717) is 10.8 Å². The molecule has 7 heteroatoms. The summed E-state index contributed by atoms with van der Waals surface area (Å²) in [4.78, 5) is 0.923. The molecule has 1 aromatic rings. The lowest BCUT2D eigenvalue weighted by Gasteiger charge is -2.12. The Hall–Kier alpha value is -0.0800. The van der Waals surface area contributed by atoms with Crippen molar-refractivity contribution >= 4 is 33.1 Å². The van der Waals surface area contributed by atoms with Crippen LogP contribution in [0.3, 0.4) is 0 Å². The molecule has 0 radical (unpaired) electrons. The number of nitrogens with two attached hydrogens (primary N) is 1. The van der Waals surface area contributed by atoms with Gasteiger partial charge in [0.05, 0.1) is 0 Å². The molecule has 0 aliphatic carbocycles. The van der Waals surface area contributed by atoms with Gasteiger partial charge in [-0.1, -0.05) is 0 Å². The van der Waals surface area contributed by atoms with E-state index in [9.17, 15) is 8.42 Å². The molecule has 0 spiro atoms. The molecule has 1 heterocycles. The molecule has 0 aromatic carbocycles. The van der Waals surface area contributed by atoms with Gasteiger partial charge in [0.15, 0.2) is 0 Å². The van der Waals surface area contributed by atoms with Crippen molar-refractivity contribution in [2.45, 2.75) is 37.1 Å². The largest absolute Gasteiger partial charge is 0.326 e. The van der Waals surface area contributed by atoms with Crippen LogP contribution in [0.15, 0.2) is 10.3 Å². The molecule has 4 nitrogen and oxygen atoms in total. The zero-order valence-corrected chi connectivity index (χ0v) is 13.3. The van der Waals surface area contributed by atoms with Crippen LogP contribution < -0.4 is 10.5 Å². The fourth-order valence-electron chi connectivity index (χ4n) is 1.50. The molecule has 1 atom stereocenters. The van der Waals surface area contributed by atoms with Gasteiger partial charge in [-0.3, -0.25) is 0 Å². The normalized spacial score (nSPS) is 13.8. The van der Waals surface area contributed by atoms with Crippen LogP contribution in [0.4, 0.5) is 0 Å². The van der Waals surface area contributed by atoms with Gasteiger partial charge < -0.3 is 5.73 Å². The summed E-state index contributed by atoms with van der Waals surface area (Å²) >= 11 is 2.96. The predicted molar refractivity (Wildman–Crippen MR) is 79.7 cm³/mol. The lowest BCUT2D eigenvalue weighted by Crippen LogP contribution is -2.32. The molecule has 1 unspecified atom stereocenters. The van der Waals surface area contributed by atoms with E-state index in [2.05, 4.69) is 4.72 Å². The fourth-order valence-corrected chi connectivity index (χ4v) is 4.85. The Morgan fingerprint density at radius 1 is 1.56 bits per heavy atom. The standard InChI is InChI=1S/C11H20N2O2S3/c1-8-6-11(17-10(8)7-12)18(14,15)13-9(2)4-5-16-3/h6,9,13H,4-5,7,12H2,1-3H3. The molecule has 3 N–H and O–H groups in total. The minimum absolute atomic E-state index is 0.0498. The van der Waals surface area contributed by atoms with Gasteiger partial charge in [0.1, 0.15) is 4.21 Å². The van der Waals surface area contributed by atoms with E-state index < -0.39 is 10.0 Å². The van der Waals surface area contributed by atoms with Crippen molar-refractivity contribution in [3.05, 3.63) is 16.5 Å². The number of aryl methyl sites for hydroxylation is 1. The minimum Gasteiger partial charge on any atom is -0.326 e. The molecule has 0 aliphatic heterocycles. The highest BCUT2D eigenvalue weighted by Gasteiger charge is 2.20. The van der Waals surface area contributed by atoms with Gasteiger partial charge in [0, 0.05) is 17.5 Å². The zero-order valence-electron chi connectivity index (χ0n) is 10.9. The first-order valence-corrected chi connectivity index (χ1v) is 9.40. The summed E-state index contributed by atoms with van der Waals surface area (Å²) in [5.41, 5.74) is 6.51. The van der Waals surface area contributed by atoms with Crippen LogP contribution in [0.1, 0.15) is 23.8 Å². The number of thiophene rings is 1. The third-order valence-corrected chi connectivity index (χ3v) is 6.53. The quantitative estimate of drug-likeness (QED) is 0.807. The van der Waals surface area contributed by atoms with E-state index in [1.807, 2.05) is 20.1 Å². The monoisotopic (exact) mass is 308 g/mol. The Labute approximate surface area is 117 Å². The van der Waals surface area contributed by atoms with E-state index in [4.69, 9.17) is 5.73 Å². The van der Waals surface area contributed by atoms with Crippen LogP contribution in [-0.4, -0.2) is 26.5 Å². The lowest BCUT2D eigenvalue weighted by molar-refractivity contribution is 0.559. The van der Waals surface area contributed by atoms with E-state index >= 15 is 0 Å². The smallest absolute Gasteiger partial charge is 0.250 e. The topological polar surface area (TPSA) is 72.2 Å². The molecular formula is C11H20N2O2S3. The van der Waals surface area contributed by atoms with Crippen LogP contribution >= 0.6 is 23.1 Å². The number of rotatable bonds is 7. The SMILES string of the molecule is CSCCC(C)NS(=O)(=O)c1cc(C)c(CN)s1. The molecule has 0 amide bonds. The van der Waals surface area contributed by atoms with Gasteiger partial charge in [-0.25, -0.2) is 13.1 Å². The molecule has 1 aromatic heterocycles. The molecule has 0 fully saturated rings. The molecule has 18 heavy (non-hydrogen) atoms. The van der Waals surface area contributed by atoms with Crippen molar-refractivity contribution in [3.8, 4) is 0 Å². The molecule has 0 aliphatic rings. The van der Waals surface area contributed by atoms with Gasteiger partial charge in [0.2, 0.25) is 10.0 Å². The van der Waals surface area contributed by atoms with Crippen LogP contribution in [-0.2, 0) is 16.6 Å². The first kappa shape index (κ1) is 16.0. The summed E-state index contributed by atoms with van der Waals surface area (Å²) in [6, 6.07) is 1.64. The van der Waals surface area contributed by atoms with Gasteiger partial charge in [-0.15, -0.1) is 11.3 Å². The van der Waals surface area contributed by atoms with E-state index in [1.54, 1.807) is 17.8 Å². The summed E-state index contributed by atoms with van der Waals surface area (Å²) < 4.78 is 27.3. The molecule has 1 rings (SSSR count). The van der Waals surface area contributed by atoms with Crippen molar-refractivity contribution in [3.63, 3.8) is 0 Å². The average Bonchev–Trinajstić information content (AvgIpc) is 2.68. The minimum atomic E-state index is -3.40. The van der Waals surface area contributed by atoms with E-state index in [1.165, 1.54) is 11.3 Å². The van der Waals surface area contributed by atoms with E-state index in [-0.39, 0.29) is 6.04 Å². The maximum atomic E-state index is 12.1. The summed E-state index contributed by atoms with van der Waals surface area (Å²) in [6.07, 6.45) is 2.84. The highest BCUT2D eigenvalue weighted by atomic mass is 32.2. The number of thioether (sulfide) groups is 1. The first-order chi connectivity index (χ1) is 8.40. The average molecular weight is 308 g/mol. The summed E-state index contributed by atoms with van der Waals surface area (Å²) in [6.45, 7) is 4.15. The predicted octanol–water partition coefficient (Wildman–Crippen LogP) is 1.94. The Kier molecular flexibility index (Phi) is 6.13. The Balaban J connectivity index is 2.79. The summed E-state index contributed by atoms with van der Waals surface area (Å²) in [5.74, 6) is 0.946. The first-order valence-electron chi connectivity index (χ1n) is 5.71. The molecule has 0 bridgehead atoms. The molecule has 104 valence electrons. The van der Waals surface area contributed by atoms with Gasteiger partial charge in [0.25, 0.3) is 0 Å². The maximum absolute atomic E-state index is 12.1. The fraction of sp³-hybridized carbons (Fsp3) is 0.636. The lowest BCUT2D eigenvalue weighted by atomic mass is 10.3. The van der Waals surface area contributed by atoms with Crippen molar-refractivity contribution in [1.82, 2.24) is 4.72 Å². The number of hydrogen-bond donors (Lipinski definition) is 2. The van der Waals surface area contributed by atoms with Gasteiger partial charge in [-0.05, 0) is 43.9 Å². The summed E-state index contributed by atoms with van der Waals surface area (Å²) in [7, 11) is -3.40. The Bertz CT molecular complexity index is 482. The highest BCUT2D eigenvalue weighted by molar-refractivity contribution is 7.98. The number of nitrogens with one attached hydrogen (secondary N) is 1. The third kappa shape index (κ3) is 4.24. The van der Waals surface area contributed by atoms with Crippen LogP contribution in [0.25, 0.3) is 0 Å². The van der Waals surface area contributed by atoms with E-state index in [0.717, 1.165) is 22.6 Å². The highest BCUT2D eigenvalue weighted by Crippen LogP contribution is 2.25. The second-order valence-corrected chi connectivity index (χ2v) is 8.24. The van der Waals surface area contributed by atoms with Crippen LogP contribution in [0.5, 0.6) is 0 Å². The van der Waals surface area contributed by atoms with Gasteiger partial charge >= 0.3 is 0 Å². The number of sulfonamides is 1. The number of hydrogen-bond acceptors (Lipinski definition) is 5. The van der Waals surface area contributed by atoms with Crippen molar-refractivity contribution in [2.75, 3.05) is 12.0 Å². The zero-order chi connectivity index (χ0) is 13.8. The van der Waals surface area contributed by atoms with Gasteiger partial charge in [-0.2, -0.15) is 11.8 Å². The second-order valence-electron chi connectivity index (χ2n) is 4.18. The molecule has 0 saturated heterocycles. The van der Waals surface area contributed by atoms with Crippen LogP contribution in [0.2, 0.25) is 0 Å². The molecular weight excluding hydrogens is 288 g/mol. The maximum Gasteiger partial charge on any atom is 0.250 e. The van der Waals surface area contributed by atoms with Crippen LogP contribution in [0, 0.1) is 6.92 Å². The second kappa shape index (κ2) is 6.91. The van der Waals surface area contributed by atoms with Crippen molar-refractivity contribution in [2.24, 2.45) is 5.73 Å².